The second-order valence-corrected chi connectivity index (χ2v) is 3.71. The number of hydrogen-bond donors (Lipinski definition) is 1. The highest BCUT2D eigenvalue weighted by Crippen LogP contribution is 2.01. The van der Waals surface area contributed by atoms with E-state index in [1.807, 2.05) is 7.05 Å². The van der Waals surface area contributed by atoms with Crippen molar-refractivity contribution in [3.8, 4) is 0 Å². The van der Waals surface area contributed by atoms with E-state index in [-0.39, 0.29) is 6.10 Å². The molecule has 0 aliphatic carbocycles. The van der Waals surface area contributed by atoms with E-state index in [0.29, 0.717) is 32.5 Å². The molecule has 0 saturated carbocycles. The van der Waals surface area contributed by atoms with Gasteiger partial charge >= 0.3 is 0 Å². The van der Waals surface area contributed by atoms with Crippen LogP contribution in [0.15, 0.2) is 0 Å². The number of nitrogens with one attached hydrogen (secondary N) is 1. The van der Waals surface area contributed by atoms with Crippen molar-refractivity contribution in [1.82, 2.24) is 5.32 Å². The first-order valence-electron chi connectivity index (χ1n) is 5.56. The predicted octanol–water partition coefficient (Wildman–Crippen LogP) is 1.05. The zero-order chi connectivity index (χ0) is 11.5. The van der Waals surface area contributed by atoms with E-state index in [4.69, 9.17) is 14.2 Å². The Bertz CT molecular complexity index is 133. The Balaban J connectivity index is 3.20. The molecule has 0 aliphatic rings. The summed E-state index contributed by atoms with van der Waals surface area (Å²) in [5, 5.41) is 3.19. The van der Waals surface area contributed by atoms with E-state index in [2.05, 4.69) is 19.2 Å². The summed E-state index contributed by atoms with van der Waals surface area (Å²) < 4.78 is 15.7. The lowest BCUT2D eigenvalue weighted by atomic mass is 10.1. The van der Waals surface area contributed by atoms with E-state index < -0.39 is 0 Å². The molecule has 92 valence electrons. The van der Waals surface area contributed by atoms with E-state index in [1.54, 1.807) is 7.11 Å². The van der Waals surface area contributed by atoms with Gasteiger partial charge in [-0.05, 0) is 27.3 Å². The van der Waals surface area contributed by atoms with Crippen molar-refractivity contribution in [1.29, 1.82) is 0 Å². The van der Waals surface area contributed by atoms with Crippen LogP contribution in [0, 0.1) is 0 Å². The first-order chi connectivity index (χ1) is 7.20. The van der Waals surface area contributed by atoms with Gasteiger partial charge in [0, 0.05) is 13.2 Å². The summed E-state index contributed by atoms with van der Waals surface area (Å²) >= 11 is 0. The maximum absolute atomic E-state index is 5.59. The zero-order valence-electron chi connectivity index (χ0n) is 10.4. The van der Waals surface area contributed by atoms with Crippen LogP contribution in [-0.4, -0.2) is 52.7 Å². The predicted molar refractivity (Wildman–Crippen MR) is 61.2 cm³/mol. The molecule has 0 amide bonds. The smallest absolute Gasteiger partial charge is 0.0704 e. The van der Waals surface area contributed by atoms with Crippen LogP contribution in [0.4, 0.5) is 0 Å². The lowest BCUT2D eigenvalue weighted by molar-refractivity contribution is -0.00488. The van der Waals surface area contributed by atoms with E-state index in [1.165, 1.54) is 0 Å². The van der Waals surface area contributed by atoms with Gasteiger partial charge in [0.15, 0.2) is 0 Å². The van der Waals surface area contributed by atoms with E-state index in [9.17, 15) is 0 Å². The van der Waals surface area contributed by atoms with Crippen LogP contribution in [0.3, 0.4) is 0 Å². The van der Waals surface area contributed by atoms with Crippen LogP contribution < -0.4 is 5.32 Å². The molecule has 4 heteroatoms. The third-order valence-electron chi connectivity index (χ3n) is 2.24. The molecule has 2 atom stereocenters. The van der Waals surface area contributed by atoms with Gasteiger partial charge < -0.3 is 19.5 Å². The highest BCUT2D eigenvalue weighted by molar-refractivity contribution is 4.62. The summed E-state index contributed by atoms with van der Waals surface area (Å²) in [7, 11) is 3.63. The molecule has 0 fully saturated rings. The highest BCUT2D eigenvalue weighted by atomic mass is 16.5. The highest BCUT2D eigenvalue weighted by Gasteiger charge is 2.06. The van der Waals surface area contributed by atoms with Crippen LogP contribution in [0.2, 0.25) is 0 Å². The second kappa shape index (κ2) is 10.4. The average molecular weight is 219 g/mol. The van der Waals surface area contributed by atoms with Gasteiger partial charge in [0.2, 0.25) is 0 Å². The Morgan fingerprint density at radius 2 is 1.73 bits per heavy atom. The van der Waals surface area contributed by atoms with Gasteiger partial charge in [0.1, 0.15) is 0 Å². The molecule has 0 saturated heterocycles. The van der Waals surface area contributed by atoms with Gasteiger partial charge in [0.25, 0.3) is 0 Å². The number of hydrogen-bond acceptors (Lipinski definition) is 4. The summed E-state index contributed by atoms with van der Waals surface area (Å²) in [6.45, 7) is 6.81. The van der Waals surface area contributed by atoms with Crippen LogP contribution >= 0.6 is 0 Å². The minimum absolute atomic E-state index is 0.276. The fourth-order valence-electron chi connectivity index (χ4n) is 1.24. The third-order valence-corrected chi connectivity index (χ3v) is 2.24. The average Bonchev–Trinajstić information content (AvgIpc) is 2.23. The van der Waals surface area contributed by atoms with Gasteiger partial charge in [-0.25, -0.2) is 0 Å². The first-order valence-corrected chi connectivity index (χ1v) is 5.56. The summed E-state index contributed by atoms with van der Waals surface area (Å²) in [6, 6.07) is 0.495. The normalized spacial score (nSPS) is 15.2. The summed E-state index contributed by atoms with van der Waals surface area (Å²) in [5.74, 6) is 0. The lowest BCUT2D eigenvalue weighted by Gasteiger charge is -2.17. The lowest BCUT2D eigenvalue weighted by Crippen LogP contribution is -2.27. The molecular formula is C11H25NO3. The van der Waals surface area contributed by atoms with Crippen LogP contribution in [-0.2, 0) is 14.2 Å². The van der Waals surface area contributed by atoms with Gasteiger partial charge in [-0.1, -0.05) is 0 Å². The van der Waals surface area contributed by atoms with Crippen LogP contribution in [0.1, 0.15) is 20.3 Å². The molecule has 0 spiro atoms. The molecule has 0 aliphatic heterocycles. The number of rotatable bonds is 10. The molecule has 15 heavy (non-hydrogen) atoms. The van der Waals surface area contributed by atoms with Gasteiger partial charge in [-0.15, -0.1) is 0 Å². The van der Waals surface area contributed by atoms with Crippen molar-refractivity contribution >= 4 is 0 Å². The molecule has 0 aromatic rings. The monoisotopic (exact) mass is 219 g/mol. The maximum Gasteiger partial charge on any atom is 0.0704 e. The maximum atomic E-state index is 5.59. The molecule has 0 heterocycles. The Morgan fingerprint density at radius 3 is 2.33 bits per heavy atom. The van der Waals surface area contributed by atoms with Crippen molar-refractivity contribution < 1.29 is 14.2 Å². The van der Waals surface area contributed by atoms with Gasteiger partial charge in [0.05, 0.1) is 32.5 Å². The summed E-state index contributed by atoms with van der Waals surface area (Å²) in [4.78, 5) is 0. The van der Waals surface area contributed by atoms with E-state index >= 15 is 0 Å². The Labute approximate surface area is 93.3 Å². The SMILES string of the molecule is CNC(C)CC(C)OCCOCCOC. The fraction of sp³-hybridized carbons (Fsp3) is 1.00. The van der Waals surface area contributed by atoms with Gasteiger partial charge in [-0.3, -0.25) is 0 Å². The Morgan fingerprint density at radius 1 is 1.07 bits per heavy atom. The van der Waals surface area contributed by atoms with Crippen molar-refractivity contribution in [3.63, 3.8) is 0 Å². The van der Waals surface area contributed by atoms with Crippen molar-refractivity contribution in [3.05, 3.63) is 0 Å². The molecule has 0 aromatic heterocycles. The molecular weight excluding hydrogens is 194 g/mol. The Kier molecular flexibility index (Phi) is 10.3. The molecule has 0 radical (unpaired) electrons. The quantitative estimate of drug-likeness (QED) is 0.558. The largest absolute Gasteiger partial charge is 0.382 e. The molecule has 0 aromatic carbocycles. The third kappa shape index (κ3) is 10.1. The first kappa shape index (κ1) is 14.8. The molecule has 0 bridgehead atoms. The Hall–Kier alpha value is -0.160. The second-order valence-electron chi connectivity index (χ2n) is 3.71. The summed E-state index contributed by atoms with van der Waals surface area (Å²) in [5.41, 5.74) is 0. The van der Waals surface area contributed by atoms with Crippen LogP contribution in [0.25, 0.3) is 0 Å². The van der Waals surface area contributed by atoms with Crippen molar-refractivity contribution in [2.75, 3.05) is 40.6 Å². The fourth-order valence-corrected chi connectivity index (χ4v) is 1.24. The van der Waals surface area contributed by atoms with Crippen molar-refractivity contribution in [2.45, 2.75) is 32.4 Å². The zero-order valence-corrected chi connectivity index (χ0v) is 10.4. The van der Waals surface area contributed by atoms with E-state index in [0.717, 1.165) is 6.42 Å². The molecule has 2 unspecified atom stereocenters. The summed E-state index contributed by atoms with van der Waals surface area (Å²) in [6.07, 6.45) is 1.30. The van der Waals surface area contributed by atoms with Gasteiger partial charge in [-0.2, -0.15) is 0 Å². The molecule has 4 nitrogen and oxygen atoms in total. The topological polar surface area (TPSA) is 39.7 Å². The number of ether oxygens (including phenoxy) is 3. The van der Waals surface area contributed by atoms with Crippen LogP contribution in [0.5, 0.6) is 0 Å². The molecule has 0 rings (SSSR count). The van der Waals surface area contributed by atoms with Crippen molar-refractivity contribution in [2.24, 2.45) is 0 Å². The molecule has 1 N–H and O–H groups in total. The standard InChI is InChI=1S/C11H25NO3/c1-10(12-3)9-11(2)15-8-7-14-6-5-13-4/h10-12H,5-9H2,1-4H3. The number of methoxy groups -OCH3 is 1. The minimum Gasteiger partial charge on any atom is -0.382 e. The minimum atomic E-state index is 0.276.